The Kier molecular flexibility index (Phi) is 3.69. The number of alkyl halides is 3. The number of nitrogens with zero attached hydrogens (tertiary/aromatic N) is 3. The van der Waals surface area contributed by atoms with Gasteiger partial charge in [-0.25, -0.2) is 4.68 Å². The van der Waals surface area contributed by atoms with Crippen LogP contribution in [0.15, 0.2) is 12.1 Å². The summed E-state index contributed by atoms with van der Waals surface area (Å²) >= 11 is 11.9. The zero-order valence-corrected chi connectivity index (χ0v) is 13.0. The van der Waals surface area contributed by atoms with Gasteiger partial charge in [0.15, 0.2) is 5.69 Å². The van der Waals surface area contributed by atoms with Crippen LogP contribution in [0, 0.1) is 11.3 Å². The summed E-state index contributed by atoms with van der Waals surface area (Å²) in [7, 11) is 0. The van der Waals surface area contributed by atoms with E-state index in [0.717, 1.165) is 29.7 Å². The van der Waals surface area contributed by atoms with Crippen molar-refractivity contribution in [2.75, 3.05) is 5.73 Å². The fourth-order valence-electron chi connectivity index (χ4n) is 2.40. The summed E-state index contributed by atoms with van der Waals surface area (Å²) in [5.74, 6) is 0.318. The van der Waals surface area contributed by atoms with Crippen molar-refractivity contribution in [3.05, 3.63) is 39.0 Å². The van der Waals surface area contributed by atoms with Gasteiger partial charge in [0.2, 0.25) is 0 Å². The molecule has 3 rings (SSSR count). The van der Waals surface area contributed by atoms with Gasteiger partial charge >= 0.3 is 6.18 Å². The first kappa shape index (κ1) is 16.0. The summed E-state index contributed by atoms with van der Waals surface area (Å²) in [5.41, 5.74) is 5.82. The molecule has 120 valence electrons. The molecule has 0 aliphatic heterocycles. The van der Waals surface area contributed by atoms with Crippen LogP contribution in [0.25, 0.3) is 5.69 Å². The highest BCUT2D eigenvalue weighted by atomic mass is 35.5. The second kappa shape index (κ2) is 5.32. The van der Waals surface area contributed by atoms with Gasteiger partial charge in [0.05, 0.1) is 15.6 Å². The van der Waals surface area contributed by atoms with Crippen LogP contribution < -0.4 is 5.73 Å². The van der Waals surface area contributed by atoms with Crippen molar-refractivity contribution in [1.29, 1.82) is 5.26 Å². The SMILES string of the molecule is N#Cc1nn(-c2c(Cl)cc(C(F)(F)F)cc2Cl)c(N)c1C1CC1. The molecular weight excluding hydrogens is 352 g/mol. The zero-order valence-electron chi connectivity index (χ0n) is 11.5. The first-order chi connectivity index (χ1) is 10.7. The molecule has 1 heterocycles. The van der Waals surface area contributed by atoms with Crippen LogP contribution >= 0.6 is 23.2 Å². The van der Waals surface area contributed by atoms with Crippen LogP contribution in [0.2, 0.25) is 10.0 Å². The van der Waals surface area contributed by atoms with Crippen LogP contribution in [0.5, 0.6) is 0 Å². The van der Waals surface area contributed by atoms with Gasteiger partial charge in [0.25, 0.3) is 0 Å². The summed E-state index contributed by atoms with van der Waals surface area (Å²) in [4.78, 5) is 0. The number of nitrogens with two attached hydrogens (primary N) is 1. The van der Waals surface area contributed by atoms with Crippen LogP contribution in [0.1, 0.15) is 35.6 Å². The Morgan fingerprint density at radius 1 is 1.26 bits per heavy atom. The van der Waals surface area contributed by atoms with Gasteiger partial charge in [-0.3, -0.25) is 0 Å². The second-order valence-electron chi connectivity index (χ2n) is 5.23. The Morgan fingerprint density at radius 2 is 1.83 bits per heavy atom. The molecule has 23 heavy (non-hydrogen) atoms. The van der Waals surface area contributed by atoms with Crippen LogP contribution in [0.4, 0.5) is 19.0 Å². The first-order valence-corrected chi connectivity index (χ1v) is 7.34. The maximum Gasteiger partial charge on any atom is 0.416 e. The van der Waals surface area contributed by atoms with Gasteiger partial charge in [-0.05, 0) is 30.9 Å². The first-order valence-electron chi connectivity index (χ1n) is 6.59. The van der Waals surface area contributed by atoms with E-state index in [9.17, 15) is 18.4 Å². The van der Waals surface area contributed by atoms with E-state index in [0.29, 0.717) is 5.56 Å². The summed E-state index contributed by atoms with van der Waals surface area (Å²) < 4.78 is 39.5. The topological polar surface area (TPSA) is 67.6 Å². The monoisotopic (exact) mass is 360 g/mol. The average molecular weight is 361 g/mol. The number of rotatable bonds is 2. The largest absolute Gasteiger partial charge is 0.416 e. The normalized spacial score (nSPS) is 14.8. The number of hydrogen-bond acceptors (Lipinski definition) is 3. The maximum absolute atomic E-state index is 12.8. The van der Waals surface area contributed by atoms with Gasteiger partial charge in [0, 0.05) is 5.56 Å². The molecule has 0 saturated heterocycles. The van der Waals surface area contributed by atoms with Gasteiger partial charge in [-0.1, -0.05) is 23.2 Å². The van der Waals surface area contributed by atoms with Gasteiger partial charge in [-0.2, -0.15) is 23.5 Å². The van der Waals surface area contributed by atoms with Gasteiger partial charge < -0.3 is 5.73 Å². The molecule has 2 N–H and O–H groups in total. The smallest absolute Gasteiger partial charge is 0.383 e. The molecule has 1 aliphatic rings. The quantitative estimate of drug-likeness (QED) is 0.855. The Balaban J connectivity index is 2.19. The van der Waals surface area contributed by atoms with E-state index in [2.05, 4.69) is 5.10 Å². The third-order valence-electron chi connectivity index (χ3n) is 3.61. The van der Waals surface area contributed by atoms with Crippen molar-refractivity contribution in [3.63, 3.8) is 0 Å². The fraction of sp³-hybridized carbons (Fsp3) is 0.286. The van der Waals surface area contributed by atoms with Crippen LogP contribution in [-0.4, -0.2) is 9.78 Å². The minimum atomic E-state index is -4.57. The lowest BCUT2D eigenvalue weighted by Crippen LogP contribution is -2.08. The minimum Gasteiger partial charge on any atom is -0.383 e. The van der Waals surface area contributed by atoms with Crippen LogP contribution in [0.3, 0.4) is 0 Å². The van der Waals surface area contributed by atoms with Crippen molar-refractivity contribution >= 4 is 29.0 Å². The fourth-order valence-corrected chi connectivity index (χ4v) is 3.05. The van der Waals surface area contributed by atoms with E-state index < -0.39 is 11.7 Å². The molecule has 1 fully saturated rings. The molecule has 1 saturated carbocycles. The Labute approximate surface area is 139 Å². The highest BCUT2D eigenvalue weighted by Crippen LogP contribution is 2.46. The average Bonchev–Trinajstić information content (AvgIpc) is 3.22. The maximum atomic E-state index is 12.8. The summed E-state index contributed by atoms with van der Waals surface area (Å²) in [5, 5.41) is 12.7. The summed E-state index contributed by atoms with van der Waals surface area (Å²) in [6.45, 7) is 0. The molecule has 2 aromatic rings. The molecule has 1 aromatic heterocycles. The lowest BCUT2D eigenvalue weighted by Gasteiger charge is -2.13. The third kappa shape index (κ3) is 2.73. The number of nitriles is 1. The van der Waals surface area contributed by atoms with E-state index in [4.69, 9.17) is 28.9 Å². The lowest BCUT2D eigenvalue weighted by atomic mass is 10.1. The van der Waals surface area contributed by atoms with Crippen molar-refractivity contribution in [2.45, 2.75) is 24.9 Å². The molecule has 0 unspecified atom stereocenters. The molecule has 0 atom stereocenters. The van der Waals surface area contributed by atoms with E-state index in [1.807, 2.05) is 6.07 Å². The summed E-state index contributed by atoms with van der Waals surface area (Å²) in [6, 6.07) is 3.46. The predicted molar refractivity (Wildman–Crippen MR) is 79.7 cm³/mol. The van der Waals surface area contributed by atoms with Crippen molar-refractivity contribution in [1.82, 2.24) is 9.78 Å². The van der Waals surface area contributed by atoms with Crippen molar-refractivity contribution in [3.8, 4) is 11.8 Å². The highest BCUT2D eigenvalue weighted by Gasteiger charge is 2.35. The highest BCUT2D eigenvalue weighted by molar-refractivity contribution is 6.38. The number of hydrogen-bond donors (Lipinski definition) is 1. The molecule has 1 aromatic carbocycles. The Bertz CT molecular complexity index is 809. The predicted octanol–water partition coefficient (Wildman–Crippen LogP) is 4.53. The van der Waals surface area contributed by atoms with E-state index >= 15 is 0 Å². The molecule has 4 nitrogen and oxygen atoms in total. The van der Waals surface area contributed by atoms with Crippen LogP contribution in [-0.2, 0) is 6.18 Å². The van der Waals surface area contributed by atoms with Crippen molar-refractivity contribution < 1.29 is 13.2 Å². The number of aromatic nitrogens is 2. The number of halogens is 5. The van der Waals surface area contributed by atoms with Gasteiger partial charge in [0.1, 0.15) is 17.6 Å². The number of nitrogen functional groups attached to an aromatic ring is 1. The third-order valence-corrected chi connectivity index (χ3v) is 4.18. The molecule has 1 aliphatic carbocycles. The standard InChI is InChI=1S/C14H9Cl2F3N4/c15-8-3-7(14(17,18)19)4-9(16)12(8)23-13(21)11(6-1-2-6)10(5-20)22-23/h3-4,6H,1-2,21H2. The molecule has 0 radical (unpaired) electrons. The molecule has 0 amide bonds. The Hall–Kier alpha value is -1.91. The number of anilines is 1. The zero-order chi connectivity index (χ0) is 16.9. The minimum absolute atomic E-state index is 0.0298. The van der Waals surface area contributed by atoms with E-state index in [1.165, 1.54) is 0 Å². The lowest BCUT2D eigenvalue weighted by molar-refractivity contribution is -0.137. The van der Waals surface area contributed by atoms with Gasteiger partial charge in [-0.15, -0.1) is 0 Å². The Morgan fingerprint density at radius 3 is 2.26 bits per heavy atom. The molecule has 0 spiro atoms. The summed E-state index contributed by atoms with van der Waals surface area (Å²) in [6.07, 6.45) is -2.80. The molecule has 9 heteroatoms. The van der Waals surface area contributed by atoms with E-state index in [1.54, 1.807) is 0 Å². The number of benzene rings is 1. The molecule has 0 bridgehead atoms. The molecular formula is C14H9Cl2F3N4. The van der Waals surface area contributed by atoms with Crippen molar-refractivity contribution in [2.24, 2.45) is 0 Å². The second-order valence-corrected chi connectivity index (χ2v) is 6.05. The van der Waals surface area contributed by atoms with E-state index in [-0.39, 0.29) is 33.2 Å².